The van der Waals surface area contributed by atoms with Crippen LogP contribution in [0.3, 0.4) is 0 Å². The Bertz CT molecular complexity index is 1830. The van der Waals surface area contributed by atoms with Crippen LogP contribution in [-0.2, 0) is 34.5 Å². The number of imide groups is 1. The van der Waals surface area contributed by atoms with Crippen LogP contribution in [0.15, 0.2) is 91.1 Å². The number of methoxy groups -OCH3 is 1. The van der Waals surface area contributed by atoms with Crippen LogP contribution in [0.4, 0.5) is 4.79 Å². The molecule has 2 amide bonds. The fourth-order valence-corrected chi connectivity index (χ4v) is 6.12. The summed E-state index contributed by atoms with van der Waals surface area (Å²) >= 11 is 0. The van der Waals surface area contributed by atoms with Gasteiger partial charge in [0.25, 0.3) is 0 Å². The number of carbonyl (C=O) groups is 2. The molecule has 230 valence electrons. The molecule has 0 spiro atoms. The third kappa shape index (κ3) is 6.19. The lowest BCUT2D eigenvalue weighted by Crippen LogP contribution is -2.35. The fourth-order valence-electron chi connectivity index (χ4n) is 6.12. The van der Waals surface area contributed by atoms with E-state index >= 15 is 0 Å². The molecule has 0 aliphatic carbocycles. The minimum absolute atomic E-state index is 0.0975. The molecule has 8 nitrogen and oxygen atoms in total. The van der Waals surface area contributed by atoms with E-state index in [0.717, 1.165) is 55.6 Å². The van der Waals surface area contributed by atoms with Crippen LogP contribution in [0.25, 0.3) is 10.9 Å². The van der Waals surface area contributed by atoms with Gasteiger partial charge in [-0.3, -0.25) is 9.48 Å². The second-order valence-electron chi connectivity index (χ2n) is 11.5. The van der Waals surface area contributed by atoms with Crippen molar-refractivity contribution in [3.05, 3.63) is 130 Å². The molecular formula is C37H37N3O5. The van der Waals surface area contributed by atoms with Gasteiger partial charge < -0.3 is 14.2 Å². The van der Waals surface area contributed by atoms with Gasteiger partial charge in [-0.1, -0.05) is 66.7 Å². The van der Waals surface area contributed by atoms with E-state index in [1.54, 1.807) is 7.11 Å². The van der Waals surface area contributed by atoms with Crippen molar-refractivity contribution in [3.63, 3.8) is 0 Å². The highest BCUT2D eigenvalue weighted by Crippen LogP contribution is 2.37. The number of nitrogens with zero attached hydrogens (tertiary/aromatic N) is 3. The van der Waals surface area contributed by atoms with E-state index in [1.807, 2.05) is 78.6 Å². The van der Waals surface area contributed by atoms with Gasteiger partial charge in [-0.15, -0.1) is 0 Å². The zero-order valence-electron chi connectivity index (χ0n) is 26.0. The third-order valence-corrected chi connectivity index (χ3v) is 8.78. The van der Waals surface area contributed by atoms with Crippen molar-refractivity contribution >= 4 is 22.9 Å². The van der Waals surface area contributed by atoms with E-state index in [-0.39, 0.29) is 24.9 Å². The fraction of sp³-hybridized carbons (Fsp3) is 0.270. The number of fused-ring (bicyclic) bond motifs is 1. The Morgan fingerprint density at radius 2 is 1.78 bits per heavy atom. The molecule has 4 aromatic carbocycles. The maximum absolute atomic E-state index is 14.1. The number of ether oxygens (including phenoxy) is 3. The van der Waals surface area contributed by atoms with E-state index in [9.17, 15) is 9.59 Å². The Labute approximate surface area is 263 Å². The summed E-state index contributed by atoms with van der Waals surface area (Å²) in [6.07, 6.45) is 1.35. The molecule has 8 heteroatoms. The summed E-state index contributed by atoms with van der Waals surface area (Å²) in [6.45, 7) is 5.15. The molecule has 5 aromatic rings. The van der Waals surface area contributed by atoms with E-state index in [4.69, 9.17) is 14.2 Å². The van der Waals surface area contributed by atoms with Crippen molar-refractivity contribution < 1.29 is 23.8 Å². The molecule has 2 atom stereocenters. The number of cyclic esters (lactones) is 1. The second kappa shape index (κ2) is 13.0. The number of hydrogen-bond donors (Lipinski definition) is 0. The molecule has 0 radical (unpaired) electrons. The van der Waals surface area contributed by atoms with E-state index in [1.165, 1.54) is 4.90 Å². The van der Waals surface area contributed by atoms with Crippen molar-refractivity contribution in [1.29, 1.82) is 0 Å². The molecule has 2 heterocycles. The van der Waals surface area contributed by atoms with Crippen molar-refractivity contribution in [3.8, 4) is 5.75 Å². The predicted molar refractivity (Wildman–Crippen MR) is 172 cm³/mol. The number of aryl methyl sites for hydroxylation is 3. The van der Waals surface area contributed by atoms with E-state index < -0.39 is 12.1 Å². The number of rotatable bonds is 10. The molecule has 6 rings (SSSR count). The molecular weight excluding hydrogens is 566 g/mol. The van der Waals surface area contributed by atoms with Crippen LogP contribution >= 0.6 is 0 Å². The quantitative estimate of drug-likeness (QED) is 0.169. The lowest BCUT2D eigenvalue weighted by atomic mass is 9.83. The average molecular weight is 604 g/mol. The highest BCUT2D eigenvalue weighted by atomic mass is 16.6. The van der Waals surface area contributed by atoms with Gasteiger partial charge in [-0.05, 0) is 71.0 Å². The second-order valence-corrected chi connectivity index (χ2v) is 11.5. The molecule has 0 saturated carbocycles. The van der Waals surface area contributed by atoms with Crippen molar-refractivity contribution in [2.75, 3.05) is 13.7 Å². The maximum Gasteiger partial charge on any atom is 0.417 e. The molecule has 45 heavy (non-hydrogen) atoms. The SMILES string of the molecule is COc1ccc(COCc2cc([C@@H](CC(=O)N3C(=O)OC[C@@H]3c3ccccc3)c3ccc4c(cnn4C)c3C)ccc2C)cc1. The van der Waals surface area contributed by atoms with Crippen LogP contribution in [0.2, 0.25) is 0 Å². The Kier molecular flexibility index (Phi) is 8.67. The number of aromatic nitrogens is 2. The Morgan fingerprint density at radius 1 is 1.00 bits per heavy atom. The van der Waals surface area contributed by atoms with Crippen LogP contribution < -0.4 is 4.74 Å². The summed E-state index contributed by atoms with van der Waals surface area (Å²) in [7, 11) is 3.57. The molecule has 0 N–H and O–H groups in total. The summed E-state index contributed by atoms with van der Waals surface area (Å²) < 4.78 is 18.6. The first kappa shape index (κ1) is 30.1. The molecule has 1 aromatic heterocycles. The van der Waals surface area contributed by atoms with Gasteiger partial charge in [0.2, 0.25) is 5.91 Å². The minimum Gasteiger partial charge on any atom is -0.497 e. The monoisotopic (exact) mass is 603 g/mol. The Balaban J connectivity index is 1.32. The number of hydrogen-bond acceptors (Lipinski definition) is 6. The summed E-state index contributed by atoms with van der Waals surface area (Å²) in [5, 5.41) is 5.49. The number of benzene rings is 4. The topological polar surface area (TPSA) is 82.9 Å². The summed E-state index contributed by atoms with van der Waals surface area (Å²) in [4.78, 5) is 28.3. The van der Waals surface area contributed by atoms with Gasteiger partial charge in [0.1, 0.15) is 18.4 Å². The van der Waals surface area contributed by atoms with Gasteiger partial charge in [0.15, 0.2) is 0 Å². The van der Waals surface area contributed by atoms with Gasteiger partial charge >= 0.3 is 6.09 Å². The highest BCUT2D eigenvalue weighted by Gasteiger charge is 2.40. The predicted octanol–water partition coefficient (Wildman–Crippen LogP) is 7.16. The normalized spacial score (nSPS) is 15.3. The molecule has 0 unspecified atom stereocenters. The minimum atomic E-state index is -0.608. The zero-order valence-corrected chi connectivity index (χ0v) is 26.0. The first-order valence-electron chi connectivity index (χ1n) is 15.1. The zero-order chi connectivity index (χ0) is 31.5. The van der Waals surface area contributed by atoms with Gasteiger partial charge in [-0.2, -0.15) is 5.10 Å². The molecule has 1 saturated heterocycles. The van der Waals surface area contributed by atoms with Crippen LogP contribution in [0, 0.1) is 13.8 Å². The van der Waals surface area contributed by atoms with Crippen LogP contribution in [0.1, 0.15) is 57.3 Å². The summed E-state index contributed by atoms with van der Waals surface area (Å²) in [5.74, 6) is 0.215. The van der Waals surface area contributed by atoms with Gasteiger partial charge in [0, 0.05) is 24.8 Å². The van der Waals surface area contributed by atoms with Crippen molar-refractivity contribution in [2.24, 2.45) is 7.05 Å². The van der Waals surface area contributed by atoms with Crippen molar-refractivity contribution in [1.82, 2.24) is 14.7 Å². The molecule has 1 fully saturated rings. The Hall–Kier alpha value is -4.95. The van der Waals surface area contributed by atoms with Crippen LogP contribution in [0.5, 0.6) is 5.75 Å². The lowest BCUT2D eigenvalue weighted by molar-refractivity contribution is -0.129. The third-order valence-electron chi connectivity index (χ3n) is 8.78. The summed E-state index contributed by atoms with van der Waals surface area (Å²) in [5.41, 5.74) is 8.14. The number of carbonyl (C=O) groups excluding carboxylic acids is 2. The van der Waals surface area contributed by atoms with E-state index in [0.29, 0.717) is 13.2 Å². The van der Waals surface area contributed by atoms with E-state index in [2.05, 4.69) is 43.2 Å². The summed E-state index contributed by atoms with van der Waals surface area (Å²) in [6, 6.07) is 27.3. The maximum atomic E-state index is 14.1. The largest absolute Gasteiger partial charge is 0.497 e. The highest BCUT2D eigenvalue weighted by molar-refractivity contribution is 5.94. The van der Waals surface area contributed by atoms with Crippen LogP contribution in [-0.4, -0.2) is 40.4 Å². The molecule has 1 aliphatic heterocycles. The standard InChI is InChI=1S/C37H37N3O5/c1-24-10-13-28(18-29(24)22-44-21-26-11-14-30(43-4)15-12-26)32(31-16-17-34-33(25(31)2)20-38-39(34)3)19-36(41)40-35(23-45-37(40)42)27-8-6-5-7-9-27/h5-18,20,32,35H,19,21-23H2,1-4H3/t32-,35-/m1/s1. The molecule has 1 aliphatic rings. The Morgan fingerprint density at radius 3 is 2.53 bits per heavy atom. The van der Waals surface area contributed by atoms with Crippen molar-refractivity contribution in [2.45, 2.75) is 45.4 Å². The van der Waals surface area contributed by atoms with Gasteiger partial charge in [-0.25, -0.2) is 9.69 Å². The lowest BCUT2D eigenvalue weighted by Gasteiger charge is -2.25. The van der Waals surface area contributed by atoms with Gasteiger partial charge in [0.05, 0.1) is 32.0 Å². The average Bonchev–Trinajstić information content (AvgIpc) is 3.64. The first-order chi connectivity index (χ1) is 21.8. The number of amides is 2. The molecule has 0 bridgehead atoms. The first-order valence-corrected chi connectivity index (χ1v) is 15.1. The smallest absolute Gasteiger partial charge is 0.417 e.